The number of hydrogen-bond donors (Lipinski definition) is 0. The first-order chi connectivity index (χ1) is 15.7. The van der Waals surface area contributed by atoms with Crippen molar-refractivity contribution in [3.63, 3.8) is 0 Å². The summed E-state index contributed by atoms with van der Waals surface area (Å²) in [6, 6.07) is 16.8. The lowest BCUT2D eigenvalue weighted by molar-refractivity contribution is -0.146. The molecule has 33 heavy (non-hydrogen) atoms. The predicted octanol–water partition coefficient (Wildman–Crippen LogP) is 7.28. The molecule has 1 aromatic heterocycles. The molecule has 4 heteroatoms. The lowest BCUT2D eigenvalue weighted by atomic mass is 9.88. The average molecular weight is 446 g/mol. The van der Waals surface area contributed by atoms with Crippen LogP contribution in [0.4, 0.5) is 0 Å². The van der Waals surface area contributed by atoms with E-state index in [4.69, 9.17) is 9.26 Å². The minimum Gasteiger partial charge on any atom is -0.465 e. The van der Waals surface area contributed by atoms with Gasteiger partial charge in [0.1, 0.15) is 0 Å². The normalized spacial score (nSPS) is 14.8. The molecule has 4 rings (SSSR count). The van der Waals surface area contributed by atoms with Gasteiger partial charge in [0, 0.05) is 11.1 Å². The maximum atomic E-state index is 12.4. The molecule has 0 aliphatic heterocycles. The molecule has 0 unspecified atom stereocenters. The summed E-state index contributed by atoms with van der Waals surface area (Å²) in [7, 11) is 0. The Morgan fingerprint density at radius 1 is 1.00 bits per heavy atom. The summed E-state index contributed by atoms with van der Waals surface area (Å²) in [6.07, 6.45) is 5.01. The van der Waals surface area contributed by atoms with Crippen LogP contribution in [0.25, 0.3) is 22.5 Å². The number of aromatic nitrogens is 1. The third kappa shape index (κ3) is 5.05. The van der Waals surface area contributed by atoms with Crippen LogP contribution in [0.3, 0.4) is 0 Å². The molecule has 2 aromatic carbocycles. The van der Waals surface area contributed by atoms with Crippen LogP contribution in [-0.4, -0.2) is 17.7 Å². The number of carbonyl (C=O) groups excluding carboxylic acids is 1. The van der Waals surface area contributed by atoms with E-state index in [9.17, 15) is 4.79 Å². The van der Waals surface area contributed by atoms with E-state index in [1.165, 1.54) is 12.0 Å². The fourth-order valence-electron chi connectivity index (χ4n) is 4.51. The topological polar surface area (TPSA) is 52.3 Å². The van der Waals surface area contributed by atoms with E-state index in [0.717, 1.165) is 59.4 Å². The van der Waals surface area contributed by atoms with Crippen LogP contribution in [0.5, 0.6) is 0 Å². The summed E-state index contributed by atoms with van der Waals surface area (Å²) in [5.41, 5.74) is 6.48. The van der Waals surface area contributed by atoms with Gasteiger partial charge in [0.05, 0.1) is 17.7 Å². The van der Waals surface area contributed by atoms with Gasteiger partial charge in [-0.05, 0) is 68.1 Å². The van der Waals surface area contributed by atoms with Crippen molar-refractivity contribution in [2.24, 2.45) is 5.41 Å². The number of aryl methyl sites for hydroxylation is 1. The summed E-state index contributed by atoms with van der Waals surface area (Å²) < 4.78 is 11.0. The second-order valence-electron chi connectivity index (χ2n) is 10.4. The van der Waals surface area contributed by atoms with E-state index >= 15 is 0 Å². The largest absolute Gasteiger partial charge is 0.465 e. The average Bonchev–Trinajstić information content (AvgIpc) is 3.53. The van der Waals surface area contributed by atoms with Crippen LogP contribution < -0.4 is 0 Å². The highest BCUT2D eigenvalue weighted by Gasteiger charge is 2.52. The second kappa shape index (κ2) is 9.17. The van der Waals surface area contributed by atoms with Crippen LogP contribution in [0.2, 0.25) is 0 Å². The molecule has 1 heterocycles. The monoisotopic (exact) mass is 445 g/mol. The number of carbonyl (C=O) groups is 1. The smallest absolute Gasteiger partial charge is 0.316 e. The van der Waals surface area contributed by atoms with Crippen molar-refractivity contribution in [1.29, 1.82) is 0 Å². The molecular weight excluding hydrogens is 410 g/mol. The highest BCUT2D eigenvalue weighted by molar-refractivity contribution is 5.87. The quantitative estimate of drug-likeness (QED) is 0.342. The predicted molar refractivity (Wildman–Crippen MR) is 132 cm³/mol. The van der Waals surface area contributed by atoms with Crippen LogP contribution in [0.15, 0.2) is 53.1 Å². The third-order valence-electron chi connectivity index (χ3n) is 6.67. The lowest BCUT2D eigenvalue weighted by Gasteiger charge is -2.17. The van der Waals surface area contributed by atoms with Crippen molar-refractivity contribution < 1.29 is 14.1 Å². The molecule has 1 aliphatic rings. The Hall–Kier alpha value is -2.88. The molecule has 0 radical (unpaired) electrons. The fourth-order valence-corrected chi connectivity index (χ4v) is 4.51. The number of esters is 1. The third-order valence-corrected chi connectivity index (χ3v) is 6.67. The van der Waals surface area contributed by atoms with E-state index in [1.807, 2.05) is 13.8 Å². The Balaban J connectivity index is 1.49. The number of nitrogens with zero attached hydrogens (tertiary/aromatic N) is 1. The van der Waals surface area contributed by atoms with Crippen LogP contribution in [0.1, 0.15) is 70.2 Å². The summed E-state index contributed by atoms with van der Waals surface area (Å²) in [4.78, 5) is 12.4. The lowest BCUT2D eigenvalue weighted by Crippen LogP contribution is -2.23. The molecule has 1 saturated carbocycles. The van der Waals surface area contributed by atoms with Crippen molar-refractivity contribution >= 4 is 5.97 Å². The zero-order valence-electron chi connectivity index (χ0n) is 20.5. The molecule has 0 amide bonds. The standard InChI is InChI=1S/C29H35NO3/c1-6-32-27(31)29(18-19-29)24-15-13-22(14-16-24)21-9-11-23(12-10-21)26-25(20(2)30-33-26)8-7-17-28(3,4)5/h9-16H,6-8,17-19H2,1-5H3. The van der Waals surface area contributed by atoms with Gasteiger partial charge in [-0.25, -0.2) is 0 Å². The van der Waals surface area contributed by atoms with Gasteiger partial charge in [0.2, 0.25) is 0 Å². The summed E-state index contributed by atoms with van der Waals surface area (Å²) in [5.74, 6) is 0.788. The van der Waals surface area contributed by atoms with Gasteiger partial charge in [0.25, 0.3) is 0 Å². The Bertz CT molecular complexity index is 1100. The SMILES string of the molecule is CCOC(=O)C1(c2ccc(-c3ccc(-c4onc(C)c4CCCC(C)(C)C)cc3)cc2)CC1. The highest BCUT2D eigenvalue weighted by Crippen LogP contribution is 2.49. The maximum absolute atomic E-state index is 12.4. The van der Waals surface area contributed by atoms with Gasteiger partial charge in [0.15, 0.2) is 5.76 Å². The van der Waals surface area contributed by atoms with E-state index in [1.54, 1.807) is 0 Å². The zero-order chi connectivity index (χ0) is 23.6. The van der Waals surface area contributed by atoms with Crippen molar-refractivity contribution in [3.05, 3.63) is 65.4 Å². The number of ether oxygens (including phenoxy) is 1. The zero-order valence-corrected chi connectivity index (χ0v) is 20.5. The molecule has 0 saturated heterocycles. The van der Waals surface area contributed by atoms with Gasteiger partial charge in [-0.15, -0.1) is 0 Å². The van der Waals surface area contributed by atoms with Crippen LogP contribution >= 0.6 is 0 Å². The fraction of sp³-hybridized carbons (Fsp3) is 0.448. The molecular formula is C29H35NO3. The minimum absolute atomic E-state index is 0.0947. The van der Waals surface area contributed by atoms with E-state index in [2.05, 4.69) is 74.5 Å². The van der Waals surface area contributed by atoms with E-state index in [-0.39, 0.29) is 5.97 Å². The van der Waals surface area contributed by atoms with Gasteiger partial charge in [-0.1, -0.05) is 74.5 Å². The first kappa shape index (κ1) is 23.3. The summed E-state index contributed by atoms with van der Waals surface area (Å²) >= 11 is 0. The summed E-state index contributed by atoms with van der Waals surface area (Å²) in [5, 5.41) is 4.24. The highest BCUT2D eigenvalue weighted by atomic mass is 16.5. The molecule has 0 bridgehead atoms. The first-order valence-corrected chi connectivity index (χ1v) is 12.1. The van der Waals surface area contributed by atoms with Crippen molar-refractivity contribution in [2.75, 3.05) is 6.61 Å². The molecule has 4 nitrogen and oxygen atoms in total. The van der Waals surface area contributed by atoms with Crippen molar-refractivity contribution in [1.82, 2.24) is 5.16 Å². The summed E-state index contributed by atoms with van der Waals surface area (Å²) in [6.45, 7) is 11.1. The number of rotatable bonds is 8. The second-order valence-corrected chi connectivity index (χ2v) is 10.4. The Kier molecular flexibility index (Phi) is 6.47. The maximum Gasteiger partial charge on any atom is 0.316 e. The Morgan fingerprint density at radius 2 is 1.58 bits per heavy atom. The van der Waals surface area contributed by atoms with Gasteiger partial charge < -0.3 is 9.26 Å². The van der Waals surface area contributed by atoms with E-state index in [0.29, 0.717) is 12.0 Å². The van der Waals surface area contributed by atoms with Gasteiger partial charge >= 0.3 is 5.97 Å². The van der Waals surface area contributed by atoms with Crippen LogP contribution in [-0.2, 0) is 21.4 Å². The van der Waals surface area contributed by atoms with Crippen molar-refractivity contribution in [3.8, 4) is 22.5 Å². The molecule has 1 fully saturated rings. The molecule has 1 aliphatic carbocycles. The van der Waals surface area contributed by atoms with Crippen molar-refractivity contribution in [2.45, 2.75) is 72.1 Å². The Labute approximate surface area is 197 Å². The number of benzene rings is 2. The molecule has 3 aromatic rings. The molecule has 174 valence electrons. The number of hydrogen-bond acceptors (Lipinski definition) is 4. The van der Waals surface area contributed by atoms with Gasteiger partial charge in [-0.2, -0.15) is 0 Å². The van der Waals surface area contributed by atoms with Crippen LogP contribution in [0, 0.1) is 12.3 Å². The first-order valence-electron chi connectivity index (χ1n) is 12.1. The molecule has 0 spiro atoms. The Morgan fingerprint density at radius 3 is 2.12 bits per heavy atom. The molecule has 0 atom stereocenters. The minimum atomic E-state index is -0.425. The van der Waals surface area contributed by atoms with Gasteiger partial charge in [-0.3, -0.25) is 4.79 Å². The molecule has 0 N–H and O–H groups in total. The van der Waals surface area contributed by atoms with E-state index < -0.39 is 5.41 Å².